The van der Waals surface area contributed by atoms with Gasteiger partial charge in [0.2, 0.25) is 0 Å². The zero-order chi connectivity index (χ0) is 15.6. The third-order valence-corrected chi connectivity index (χ3v) is 4.52. The number of rotatable bonds is 3. The fourth-order valence-electron chi connectivity index (χ4n) is 2.63. The van der Waals surface area contributed by atoms with Gasteiger partial charge in [-0.05, 0) is 37.5 Å². The lowest BCUT2D eigenvalue weighted by molar-refractivity contribution is -0.147. The summed E-state index contributed by atoms with van der Waals surface area (Å²) in [5.41, 5.74) is -0.0873. The molecule has 1 aromatic carbocycles. The molecule has 0 spiro atoms. The van der Waals surface area contributed by atoms with E-state index in [1.807, 2.05) is 24.3 Å². The summed E-state index contributed by atoms with van der Waals surface area (Å²) in [7, 11) is 1.70. The lowest BCUT2D eigenvalue weighted by atomic mass is 10.00. The number of amides is 2. The van der Waals surface area contributed by atoms with Crippen molar-refractivity contribution in [3.8, 4) is 0 Å². The average Bonchev–Trinajstić information content (AvgIpc) is 2.84. The number of halogens is 1. The first-order valence-electron chi connectivity index (χ1n) is 6.85. The Balaban J connectivity index is 2.08. The van der Waals surface area contributed by atoms with E-state index in [1.165, 1.54) is 4.90 Å². The summed E-state index contributed by atoms with van der Waals surface area (Å²) in [5.74, 6) is -0.939. The molecule has 1 atom stereocenters. The minimum absolute atomic E-state index is 0.236. The number of likely N-dealkylation sites (tertiary alicyclic amines) is 1. The summed E-state index contributed by atoms with van der Waals surface area (Å²) >= 11 is 3.37. The van der Waals surface area contributed by atoms with Gasteiger partial charge in [-0.25, -0.2) is 9.59 Å². The molecule has 114 valence electrons. The summed E-state index contributed by atoms with van der Waals surface area (Å²) in [5, 5.41) is 9.38. The molecule has 0 saturated carbocycles. The van der Waals surface area contributed by atoms with Crippen LogP contribution in [0.25, 0.3) is 0 Å². The molecule has 21 heavy (non-hydrogen) atoms. The smallest absolute Gasteiger partial charge is 0.329 e. The molecule has 1 heterocycles. The standard InChI is InChI=1S/C15H19BrN2O3/c1-15(13(19)20)8-3-9-18(15)14(21)17(2)10-11-4-6-12(16)7-5-11/h4-7H,3,8-10H2,1-2H3,(H,19,20). The van der Waals surface area contributed by atoms with E-state index in [9.17, 15) is 14.7 Å². The minimum atomic E-state index is -1.09. The number of carboxylic acid groups (broad SMARTS) is 1. The topological polar surface area (TPSA) is 60.9 Å². The van der Waals surface area contributed by atoms with Gasteiger partial charge in [0.05, 0.1) is 0 Å². The maximum absolute atomic E-state index is 12.5. The number of carboxylic acids is 1. The van der Waals surface area contributed by atoms with Crippen LogP contribution in [0.5, 0.6) is 0 Å². The SMILES string of the molecule is CN(Cc1ccc(Br)cc1)C(=O)N1CCCC1(C)C(=O)O. The van der Waals surface area contributed by atoms with E-state index < -0.39 is 11.5 Å². The number of aliphatic carboxylic acids is 1. The number of urea groups is 1. The molecule has 2 amide bonds. The van der Waals surface area contributed by atoms with Crippen LogP contribution in [0, 0.1) is 0 Å². The molecule has 1 aliphatic heterocycles. The molecule has 0 aromatic heterocycles. The van der Waals surface area contributed by atoms with Crippen molar-refractivity contribution >= 4 is 27.9 Å². The third kappa shape index (κ3) is 3.20. The van der Waals surface area contributed by atoms with Crippen molar-refractivity contribution in [1.29, 1.82) is 0 Å². The molecule has 1 N–H and O–H groups in total. The number of carbonyl (C=O) groups excluding carboxylic acids is 1. The quantitative estimate of drug-likeness (QED) is 0.907. The van der Waals surface area contributed by atoms with Gasteiger partial charge >= 0.3 is 12.0 Å². The van der Waals surface area contributed by atoms with Crippen molar-refractivity contribution in [3.63, 3.8) is 0 Å². The molecule has 6 heteroatoms. The fraction of sp³-hybridized carbons (Fsp3) is 0.467. The molecule has 0 radical (unpaired) electrons. The van der Waals surface area contributed by atoms with Gasteiger partial charge in [0.15, 0.2) is 0 Å². The Hall–Kier alpha value is -1.56. The number of hydrogen-bond acceptors (Lipinski definition) is 2. The van der Waals surface area contributed by atoms with Crippen molar-refractivity contribution in [2.75, 3.05) is 13.6 Å². The minimum Gasteiger partial charge on any atom is -0.480 e. The van der Waals surface area contributed by atoms with Gasteiger partial charge in [0, 0.05) is 24.6 Å². The van der Waals surface area contributed by atoms with Gasteiger partial charge < -0.3 is 14.9 Å². The van der Waals surface area contributed by atoms with Gasteiger partial charge in [-0.2, -0.15) is 0 Å². The van der Waals surface area contributed by atoms with Crippen LogP contribution in [0.4, 0.5) is 4.79 Å². The van der Waals surface area contributed by atoms with Crippen molar-refractivity contribution in [2.24, 2.45) is 0 Å². The highest BCUT2D eigenvalue weighted by molar-refractivity contribution is 9.10. The Kier molecular flexibility index (Phi) is 4.56. The van der Waals surface area contributed by atoms with Gasteiger partial charge in [-0.15, -0.1) is 0 Å². The second-order valence-electron chi connectivity index (χ2n) is 5.60. The monoisotopic (exact) mass is 354 g/mol. The molecule has 1 saturated heterocycles. The van der Waals surface area contributed by atoms with E-state index in [2.05, 4.69) is 15.9 Å². The number of nitrogens with zero attached hydrogens (tertiary/aromatic N) is 2. The lowest BCUT2D eigenvalue weighted by Crippen LogP contribution is -2.54. The van der Waals surface area contributed by atoms with E-state index in [-0.39, 0.29) is 6.03 Å². The zero-order valence-electron chi connectivity index (χ0n) is 12.2. The summed E-state index contributed by atoms with van der Waals surface area (Å²) in [6.45, 7) is 2.57. The number of benzene rings is 1. The van der Waals surface area contributed by atoms with Crippen LogP contribution in [0.15, 0.2) is 28.7 Å². The molecular formula is C15H19BrN2O3. The molecule has 1 unspecified atom stereocenters. The first-order chi connectivity index (χ1) is 9.84. The van der Waals surface area contributed by atoms with Gasteiger partial charge in [0.25, 0.3) is 0 Å². The molecular weight excluding hydrogens is 336 g/mol. The highest BCUT2D eigenvalue weighted by Gasteiger charge is 2.46. The van der Waals surface area contributed by atoms with Crippen LogP contribution >= 0.6 is 15.9 Å². The fourth-order valence-corrected chi connectivity index (χ4v) is 2.89. The molecule has 0 bridgehead atoms. The van der Waals surface area contributed by atoms with E-state index in [1.54, 1.807) is 18.9 Å². The van der Waals surface area contributed by atoms with Crippen molar-refractivity contribution in [2.45, 2.75) is 31.8 Å². The molecule has 1 aromatic rings. The average molecular weight is 355 g/mol. The van der Waals surface area contributed by atoms with Crippen LogP contribution in [0.2, 0.25) is 0 Å². The predicted octanol–water partition coefficient (Wildman–Crippen LogP) is 2.94. The first-order valence-corrected chi connectivity index (χ1v) is 7.64. The Morgan fingerprint density at radius 2 is 2.00 bits per heavy atom. The Bertz CT molecular complexity index is 546. The second-order valence-corrected chi connectivity index (χ2v) is 6.51. The van der Waals surface area contributed by atoms with Gasteiger partial charge in [-0.3, -0.25) is 0 Å². The Labute approximate surface area is 132 Å². The first kappa shape index (κ1) is 15.8. The normalized spacial score (nSPS) is 21.4. The number of hydrogen-bond donors (Lipinski definition) is 1. The van der Waals surface area contributed by atoms with Gasteiger partial charge in [-0.1, -0.05) is 28.1 Å². The largest absolute Gasteiger partial charge is 0.480 e. The third-order valence-electron chi connectivity index (χ3n) is 3.99. The molecule has 2 rings (SSSR count). The molecule has 5 nitrogen and oxygen atoms in total. The lowest BCUT2D eigenvalue weighted by Gasteiger charge is -2.34. The van der Waals surface area contributed by atoms with E-state index >= 15 is 0 Å². The summed E-state index contributed by atoms with van der Waals surface area (Å²) in [4.78, 5) is 27.0. The summed E-state index contributed by atoms with van der Waals surface area (Å²) < 4.78 is 0.984. The van der Waals surface area contributed by atoms with Crippen LogP contribution in [0.1, 0.15) is 25.3 Å². The van der Waals surface area contributed by atoms with Crippen molar-refractivity contribution < 1.29 is 14.7 Å². The summed E-state index contributed by atoms with van der Waals surface area (Å²) in [6, 6.07) is 7.48. The maximum Gasteiger partial charge on any atom is 0.329 e. The molecule has 1 aliphatic rings. The van der Waals surface area contributed by atoms with E-state index in [0.717, 1.165) is 16.5 Å². The highest BCUT2D eigenvalue weighted by Crippen LogP contribution is 2.30. The predicted molar refractivity (Wildman–Crippen MR) is 83.0 cm³/mol. The van der Waals surface area contributed by atoms with E-state index in [4.69, 9.17) is 0 Å². The second kappa shape index (κ2) is 6.05. The van der Waals surface area contributed by atoms with Crippen molar-refractivity contribution in [3.05, 3.63) is 34.3 Å². The highest BCUT2D eigenvalue weighted by atomic mass is 79.9. The van der Waals surface area contributed by atoms with Crippen LogP contribution in [-0.2, 0) is 11.3 Å². The number of carbonyl (C=O) groups is 2. The molecule has 0 aliphatic carbocycles. The van der Waals surface area contributed by atoms with Gasteiger partial charge in [0.1, 0.15) is 5.54 Å². The van der Waals surface area contributed by atoms with Crippen LogP contribution < -0.4 is 0 Å². The van der Waals surface area contributed by atoms with Crippen LogP contribution in [-0.4, -0.2) is 46.0 Å². The Morgan fingerprint density at radius 3 is 2.57 bits per heavy atom. The van der Waals surface area contributed by atoms with E-state index in [0.29, 0.717) is 19.5 Å². The zero-order valence-corrected chi connectivity index (χ0v) is 13.8. The molecule has 1 fully saturated rings. The van der Waals surface area contributed by atoms with Crippen molar-refractivity contribution in [1.82, 2.24) is 9.80 Å². The summed E-state index contributed by atoms with van der Waals surface area (Å²) in [6.07, 6.45) is 1.22. The van der Waals surface area contributed by atoms with Crippen LogP contribution in [0.3, 0.4) is 0 Å². The maximum atomic E-state index is 12.5. The Morgan fingerprint density at radius 1 is 1.38 bits per heavy atom.